The molecule has 1 saturated carbocycles. The van der Waals surface area contributed by atoms with Crippen molar-refractivity contribution in [2.45, 2.75) is 69.6 Å². The van der Waals surface area contributed by atoms with Gasteiger partial charge in [-0.05, 0) is 46.2 Å². The third-order valence-corrected chi connectivity index (χ3v) is 6.32. The minimum atomic E-state index is -0.661. The second kappa shape index (κ2) is 5.99. The molecular formula is C20H28BNO4. The zero-order valence-electron chi connectivity index (χ0n) is 16.2. The van der Waals surface area contributed by atoms with Gasteiger partial charge in [-0.1, -0.05) is 18.2 Å². The number of amides is 1. The summed E-state index contributed by atoms with van der Waals surface area (Å²) < 4.78 is 18.4. The van der Waals surface area contributed by atoms with E-state index in [9.17, 15) is 4.79 Å². The van der Waals surface area contributed by atoms with Gasteiger partial charge in [-0.15, -0.1) is 0 Å². The van der Waals surface area contributed by atoms with Gasteiger partial charge in [0.2, 0.25) is 0 Å². The van der Waals surface area contributed by atoms with Crippen LogP contribution in [-0.2, 0) is 14.1 Å². The topological polar surface area (TPSA) is 48.0 Å². The smallest absolute Gasteiger partial charge is 0.463 e. The van der Waals surface area contributed by atoms with Crippen LogP contribution in [0.2, 0.25) is 5.82 Å². The van der Waals surface area contributed by atoms with Crippen LogP contribution in [0.3, 0.4) is 0 Å². The normalized spacial score (nSPS) is 28.2. The minimum absolute atomic E-state index is 0.111. The summed E-state index contributed by atoms with van der Waals surface area (Å²) >= 11 is 0. The lowest BCUT2D eigenvalue weighted by molar-refractivity contribution is -0.139. The average Bonchev–Trinajstić information content (AvgIpc) is 3.12. The van der Waals surface area contributed by atoms with E-state index < -0.39 is 5.60 Å². The molecule has 0 spiro atoms. The first kappa shape index (κ1) is 17.9. The number of para-hydroxylation sites is 1. The Morgan fingerprint density at radius 1 is 1.12 bits per heavy atom. The average molecular weight is 357 g/mol. The second-order valence-corrected chi connectivity index (χ2v) is 8.83. The van der Waals surface area contributed by atoms with Gasteiger partial charge in [0.05, 0.1) is 11.2 Å². The molecular weight excluding hydrogens is 329 g/mol. The van der Waals surface area contributed by atoms with Crippen molar-refractivity contribution in [2.24, 2.45) is 0 Å². The first-order valence-corrected chi connectivity index (χ1v) is 9.62. The summed E-state index contributed by atoms with van der Waals surface area (Å²) in [5, 5.41) is 0. The molecule has 6 heteroatoms. The monoisotopic (exact) mass is 357 g/mol. The highest BCUT2D eigenvalue weighted by Gasteiger charge is 2.58. The molecule has 5 nitrogen and oxygen atoms in total. The third kappa shape index (κ3) is 3.03. The number of hydrogen-bond donors (Lipinski definition) is 0. The molecule has 2 heterocycles. The molecule has 1 amide bonds. The van der Waals surface area contributed by atoms with Gasteiger partial charge in [0, 0.05) is 31.7 Å². The lowest BCUT2D eigenvalue weighted by atomic mass is 9.71. The van der Waals surface area contributed by atoms with E-state index in [0.717, 1.165) is 31.6 Å². The number of ether oxygens (including phenoxy) is 1. The van der Waals surface area contributed by atoms with Crippen LogP contribution in [-0.4, -0.2) is 47.8 Å². The molecule has 1 aromatic carbocycles. The van der Waals surface area contributed by atoms with Gasteiger partial charge in [-0.25, -0.2) is 0 Å². The van der Waals surface area contributed by atoms with Crippen molar-refractivity contribution in [1.82, 2.24) is 4.90 Å². The zero-order chi connectivity index (χ0) is 18.6. The van der Waals surface area contributed by atoms with Gasteiger partial charge in [0.25, 0.3) is 5.91 Å². The molecule has 3 fully saturated rings. The Bertz CT molecular complexity index is 670. The summed E-state index contributed by atoms with van der Waals surface area (Å²) in [5.41, 5.74) is -1.32. The number of carbonyl (C=O) groups is 1. The van der Waals surface area contributed by atoms with Gasteiger partial charge < -0.3 is 18.9 Å². The van der Waals surface area contributed by atoms with Crippen LogP contribution in [0, 0.1) is 0 Å². The van der Waals surface area contributed by atoms with Crippen LogP contribution in [0.1, 0.15) is 47.0 Å². The molecule has 1 aromatic rings. The summed E-state index contributed by atoms with van der Waals surface area (Å²) in [6, 6.07) is 9.62. The van der Waals surface area contributed by atoms with Crippen LogP contribution >= 0.6 is 0 Å². The highest BCUT2D eigenvalue weighted by atomic mass is 16.7. The lowest BCUT2D eigenvalue weighted by Crippen LogP contribution is -2.43. The molecule has 2 aliphatic heterocycles. The quantitative estimate of drug-likeness (QED) is 0.776. The fraction of sp³-hybridized carbons (Fsp3) is 0.650. The summed E-state index contributed by atoms with van der Waals surface area (Å²) in [4.78, 5) is 15.0. The Kier molecular flexibility index (Phi) is 4.12. The van der Waals surface area contributed by atoms with E-state index in [-0.39, 0.29) is 30.0 Å². The standard InChI is InChI=1S/C20H28BNO4/c1-18(2)19(3,4)26-21(25-18)15-10-13-22(14-15)17(23)20(11-12-20)24-16-8-6-5-7-9-16/h5-9,15H,10-14H2,1-4H3. The Morgan fingerprint density at radius 2 is 1.73 bits per heavy atom. The Labute approximate surface area is 156 Å². The first-order chi connectivity index (χ1) is 12.2. The fourth-order valence-corrected chi connectivity index (χ4v) is 3.75. The maximum atomic E-state index is 13.1. The number of carbonyl (C=O) groups excluding carboxylic acids is 1. The van der Waals surface area contributed by atoms with E-state index in [4.69, 9.17) is 14.0 Å². The van der Waals surface area contributed by atoms with Crippen molar-refractivity contribution in [3.63, 3.8) is 0 Å². The van der Waals surface area contributed by atoms with Gasteiger partial charge in [0.15, 0.2) is 5.60 Å². The molecule has 4 rings (SSSR count). The Morgan fingerprint density at radius 3 is 2.31 bits per heavy atom. The summed E-state index contributed by atoms with van der Waals surface area (Å²) in [6.07, 6.45) is 2.49. The van der Waals surface area contributed by atoms with Gasteiger partial charge in [-0.3, -0.25) is 4.79 Å². The van der Waals surface area contributed by atoms with E-state index in [1.165, 1.54) is 0 Å². The number of benzene rings is 1. The van der Waals surface area contributed by atoms with Crippen LogP contribution in [0.15, 0.2) is 30.3 Å². The molecule has 3 aliphatic rings. The van der Waals surface area contributed by atoms with Crippen molar-refractivity contribution in [3.8, 4) is 5.75 Å². The summed E-state index contributed by atoms with van der Waals surface area (Å²) in [5.74, 6) is 1.09. The number of rotatable bonds is 4. The predicted octanol–water partition coefficient (Wildman–Crippen LogP) is 3.29. The molecule has 1 aliphatic carbocycles. The molecule has 0 radical (unpaired) electrons. The predicted molar refractivity (Wildman–Crippen MR) is 100 cm³/mol. The summed E-state index contributed by atoms with van der Waals surface area (Å²) in [7, 11) is -0.247. The van der Waals surface area contributed by atoms with Crippen LogP contribution in [0.5, 0.6) is 5.75 Å². The number of nitrogens with zero attached hydrogens (tertiary/aromatic N) is 1. The van der Waals surface area contributed by atoms with E-state index in [1.54, 1.807) is 0 Å². The van der Waals surface area contributed by atoms with Crippen molar-refractivity contribution in [3.05, 3.63) is 30.3 Å². The molecule has 0 N–H and O–H groups in total. The number of hydrogen-bond acceptors (Lipinski definition) is 4. The molecule has 0 aromatic heterocycles. The lowest BCUT2D eigenvalue weighted by Gasteiger charge is -2.32. The van der Waals surface area contributed by atoms with Crippen LogP contribution in [0.25, 0.3) is 0 Å². The van der Waals surface area contributed by atoms with Crippen molar-refractivity contribution in [2.75, 3.05) is 13.1 Å². The van der Waals surface area contributed by atoms with Gasteiger partial charge in [-0.2, -0.15) is 0 Å². The maximum Gasteiger partial charge on any atom is 0.463 e. The minimum Gasteiger partial charge on any atom is -0.477 e. The highest BCUT2D eigenvalue weighted by molar-refractivity contribution is 6.47. The molecule has 26 heavy (non-hydrogen) atoms. The third-order valence-electron chi connectivity index (χ3n) is 6.32. The van der Waals surface area contributed by atoms with E-state index in [0.29, 0.717) is 6.54 Å². The van der Waals surface area contributed by atoms with Gasteiger partial charge >= 0.3 is 7.12 Å². The van der Waals surface area contributed by atoms with E-state index in [1.807, 2.05) is 35.2 Å². The van der Waals surface area contributed by atoms with Crippen LogP contribution < -0.4 is 4.74 Å². The summed E-state index contributed by atoms with van der Waals surface area (Å²) in [6.45, 7) is 9.69. The Balaban J connectivity index is 1.39. The first-order valence-electron chi connectivity index (χ1n) is 9.62. The second-order valence-electron chi connectivity index (χ2n) is 8.83. The van der Waals surface area contributed by atoms with Crippen molar-refractivity contribution in [1.29, 1.82) is 0 Å². The fourth-order valence-electron chi connectivity index (χ4n) is 3.75. The molecule has 1 atom stereocenters. The number of likely N-dealkylation sites (tertiary alicyclic amines) is 1. The van der Waals surface area contributed by atoms with Gasteiger partial charge in [0.1, 0.15) is 5.75 Å². The van der Waals surface area contributed by atoms with Crippen LogP contribution in [0.4, 0.5) is 0 Å². The highest BCUT2D eigenvalue weighted by Crippen LogP contribution is 2.45. The van der Waals surface area contributed by atoms with E-state index >= 15 is 0 Å². The van der Waals surface area contributed by atoms with Crippen molar-refractivity contribution >= 4 is 13.0 Å². The molecule has 2 saturated heterocycles. The maximum absolute atomic E-state index is 13.1. The SMILES string of the molecule is CC1(C)OB(C2CCN(C(=O)C3(Oc4ccccc4)CC3)C2)OC1(C)C. The zero-order valence-corrected chi connectivity index (χ0v) is 16.2. The van der Waals surface area contributed by atoms with E-state index in [2.05, 4.69) is 27.7 Å². The molecule has 0 bridgehead atoms. The van der Waals surface area contributed by atoms with Crippen molar-refractivity contribution < 1.29 is 18.8 Å². The Hall–Kier alpha value is -1.53. The molecule has 1 unspecified atom stereocenters. The largest absolute Gasteiger partial charge is 0.477 e. The molecule has 140 valence electrons.